The fourth-order valence-electron chi connectivity index (χ4n) is 1.97. The molecular formula is C12H10F5N3O. The first-order valence-corrected chi connectivity index (χ1v) is 5.64. The summed E-state index contributed by atoms with van der Waals surface area (Å²) in [5.41, 5.74) is 4.48. The van der Waals surface area contributed by atoms with E-state index >= 15 is 0 Å². The van der Waals surface area contributed by atoms with Crippen LogP contribution in [0, 0.1) is 29.1 Å². The van der Waals surface area contributed by atoms with Crippen LogP contribution in [0.4, 0.5) is 22.0 Å². The lowest BCUT2D eigenvalue weighted by Crippen LogP contribution is -2.22. The molecule has 0 aliphatic carbocycles. The largest absolute Gasteiger partial charge is 0.493 e. The van der Waals surface area contributed by atoms with Crippen molar-refractivity contribution in [1.29, 1.82) is 0 Å². The molecule has 0 fully saturated rings. The summed E-state index contributed by atoms with van der Waals surface area (Å²) in [6.45, 7) is 0. The summed E-state index contributed by atoms with van der Waals surface area (Å²) in [6.07, 6.45) is 1.21. The number of rotatable bonds is 3. The smallest absolute Gasteiger partial charge is 0.200 e. The summed E-state index contributed by atoms with van der Waals surface area (Å²) in [6, 6.07) is -1.64. The molecule has 0 aliphatic heterocycles. The van der Waals surface area contributed by atoms with Crippen LogP contribution >= 0.6 is 0 Å². The highest BCUT2D eigenvalue weighted by atomic mass is 19.2. The van der Waals surface area contributed by atoms with E-state index in [1.807, 2.05) is 0 Å². The standard InChI is InChI=1S/C12H10F5N3O/c1-20-12(4(21-2)3-19-20)11(18)5-6(13)8(15)10(17)9(16)7(5)14/h3,11H,18H2,1-2H3. The van der Waals surface area contributed by atoms with Crippen molar-refractivity contribution in [1.82, 2.24) is 9.78 Å². The van der Waals surface area contributed by atoms with Crippen molar-refractivity contribution in [3.63, 3.8) is 0 Å². The van der Waals surface area contributed by atoms with Crippen LogP contribution < -0.4 is 10.5 Å². The molecule has 0 bridgehead atoms. The zero-order chi connectivity index (χ0) is 15.9. The van der Waals surface area contributed by atoms with Gasteiger partial charge in [0.05, 0.1) is 24.9 Å². The molecule has 4 nitrogen and oxygen atoms in total. The van der Waals surface area contributed by atoms with E-state index in [4.69, 9.17) is 10.5 Å². The topological polar surface area (TPSA) is 53.1 Å². The van der Waals surface area contributed by atoms with Gasteiger partial charge in [-0.05, 0) is 0 Å². The number of nitrogens with two attached hydrogens (primary N) is 1. The molecule has 0 saturated heterocycles. The van der Waals surface area contributed by atoms with E-state index in [1.165, 1.54) is 20.4 Å². The maximum absolute atomic E-state index is 13.7. The number of halogens is 5. The van der Waals surface area contributed by atoms with E-state index in [2.05, 4.69) is 5.10 Å². The Morgan fingerprint density at radius 3 is 2.00 bits per heavy atom. The van der Waals surface area contributed by atoms with Gasteiger partial charge < -0.3 is 10.5 Å². The average molecular weight is 307 g/mol. The fourth-order valence-corrected chi connectivity index (χ4v) is 1.97. The molecule has 1 heterocycles. The highest BCUT2D eigenvalue weighted by Gasteiger charge is 2.32. The quantitative estimate of drug-likeness (QED) is 0.537. The molecule has 0 radical (unpaired) electrons. The lowest BCUT2D eigenvalue weighted by Gasteiger charge is -2.17. The van der Waals surface area contributed by atoms with Gasteiger partial charge in [-0.2, -0.15) is 5.10 Å². The van der Waals surface area contributed by atoms with Crippen LogP contribution in [0.25, 0.3) is 0 Å². The Bertz CT molecular complexity index is 672. The maximum Gasteiger partial charge on any atom is 0.200 e. The fraction of sp³-hybridized carbons (Fsp3) is 0.250. The average Bonchev–Trinajstić information content (AvgIpc) is 2.84. The Kier molecular flexibility index (Phi) is 3.86. The number of aryl methyl sites for hydroxylation is 1. The van der Waals surface area contributed by atoms with E-state index in [1.54, 1.807) is 0 Å². The Balaban J connectivity index is 2.69. The van der Waals surface area contributed by atoms with Gasteiger partial charge in [0.25, 0.3) is 0 Å². The molecule has 2 aromatic rings. The molecule has 0 saturated carbocycles. The number of hydrogen-bond acceptors (Lipinski definition) is 3. The first-order valence-electron chi connectivity index (χ1n) is 5.64. The third-order valence-corrected chi connectivity index (χ3v) is 3.02. The second kappa shape index (κ2) is 5.32. The zero-order valence-electron chi connectivity index (χ0n) is 10.9. The molecule has 2 N–H and O–H groups in total. The minimum atomic E-state index is -2.24. The minimum absolute atomic E-state index is 0.0271. The van der Waals surface area contributed by atoms with Crippen LogP contribution in [0.3, 0.4) is 0 Å². The van der Waals surface area contributed by atoms with Crippen LogP contribution in [-0.4, -0.2) is 16.9 Å². The van der Waals surface area contributed by atoms with E-state index in [9.17, 15) is 22.0 Å². The van der Waals surface area contributed by atoms with Gasteiger partial charge in [-0.25, -0.2) is 22.0 Å². The van der Waals surface area contributed by atoms with Crippen molar-refractivity contribution < 1.29 is 26.7 Å². The highest BCUT2D eigenvalue weighted by Crippen LogP contribution is 2.33. The maximum atomic E-state index is 13.7. The van der Waals surface area contributed by atoms with Gasteiger partial charge in [0.15, 0.2) is 29.0 Å². The molecule has 1 aromatic carbocycles. The first-order chi connectivity index (χ1) is 9.81. The van der Waals surface area contributed by atoms with Gasteiger partial charge in [0, 0.05) is 7.05 Å². The monoisotopic (exact) mass is 307 g/mol. The molecule has 114 valence electrons. The molecule has 1 atom stereocenters. The number of nitrogens with zero attached hydrogens (tertiary/aromatic N) is 2. The first kappa shape index (κ1) is 15.2. The molecule has 2 rings (SSSR count). The minimum Gasteiger partial charge on any atom is -0.493 e. The summed E-state index contributed by atoms with van der Waals surface area (Å²) in [4.78, 5) is 0. The van der Waals surface area contributed by atoms with Gasteiger partial charge in [-0.15, -0.1) is 0 Å². The van der Waals surface area contributed by atoms with Gasteiger partial charge in [0.2, 0.25) is 5.82 Å². The number of methoxy groups -OCH3 is 1. The number of ether oxygens (including phenoxy) is 1. The van der Waals surface area contributed by atoms with E-state index in [0.717, 1.165) is 4.68 Å². The summed E-state index contributed by atoms with van der Waals surface area (Å²) in [7, 11) is 2.65. The Morgan fingerprint density at radius 1 is 1.05 bits per heavy atom. The molecule has 1 unspecified atom stereocenters. The van der Waals surface area contributed by atoms with Crippen LogP contribution in [0.5, 0.6) is 5.75 Å². The molecule has 1 aromatic heterocycles. The van der Waals surface area contributed by atoms with Crippen LogP contribution in [0.2, 0.25) is 0 Å². The Morgan fingerprint density at radius 2 is 1.52 bits per heavy atom. The number of benzene rings is 1. The lowest BCUT2D eigenvalue weighted by molar-refractivity contribution is 0.363. The molecule has 9 heteroatoms. The van der Waals surface area contributed by atoms with Gasteiger partial charge >= 0.3 is 0 Å². The lowest BCUT2D eigenvalue weighted by atomic mass is 10.0. The summed E-state index contributed by atoms with van der Waals surface area (Å²) in [5.74, 6) is -10.3. The van der Waals surface area contributed by atoms with E-state index in [0.29, 0.717) is 0 Å². The van der Waals surface area contributed by atoms with E-state index < -0.39 is 40.7 Å². The number of hydrogen-bond donors (Lipinski definition) is 1. The second-order valence-corrected chi connectivity index (χ2v) is 4.18. The van der Waals surface area contributed by atoms with Crippen molar-refractivity contribution >= 4 is 0 Å². The molecule has 0 spiro atoms. The third-order valence-electron chi connectivity index (χ3n) is 3.02. The summed E-state index contributed by atoms with van der Waals surface area (Å²) >= 11 is 0. The van der Waals surface area contributed by atoms with Crippen LogP contribution in [0.15, 0.2) is 6.20 Å². The summed E-state index contributed by atoms with van der Waals surface area (Å²) < 4.78 is 73.0. The van der Waals surface area contributed by atoms with Crippen molar-refractivity contribution in [2.75, 3.05) is 7.11 Å². The molecule has 21 heavy (non-hydrogen) atoms. The summed E-state index contributed by atoms with van der Waals surface area (Å²) in [5, 5.41) is 3.76. The van der Waals surface area contributed by atoms with Crippen molar-refractivity contribution in [3.05, 3.63) is 46.5 Å². The van der Waals surface area contributed by atoms with Gasteiger partial charge in [-0.1, -0.05) is 0 Å². The zero-order valence-corrected chi connectivity index (χ0v) is 10.9. The predicted molar refractivity (Wildman–Crippen MR) is 62.0 cm³/mol. The Labute approximate surface area is 115 Å². The molecular weight excluding hydrogens is 297 g/mol. The van der Waals surface area contributed by atoms with Crippen LogP contribution in [-0.2, 0) is 7.05 Å². The SMILES string of the molecule is COc1cnn(C)c1C(N)c1c(F)c(F)c(F)c(F)c1F. The normalized spacial score (nSPS) is 12.6. The van der Waals surface area contributed by atoms with E-state index in [-0.39, 0.29) is 11.4 Å². The van der Waals surface area contributed by atoms with Crippen molar-refractivity contribution in [2.45, 2.75) is 6.04 Å². The highest BCUT2D eigenvalue weighted by molar-refractivity contribution is 5.38. The van der Waals surface area contributed by atoms with Gasteiger partial charge in [0.1, 0.15) is 5.69 Å². The van der Waals surface area contributed by atoms with Crippen molar-refractivity contribution in [3.8, 4) is 5.75 Å². The molecule has 0 amide bonds. The van der Waals surface area contributed by atoms with Gasteiger partial charge in [-0.3, -0.25) is 4.68 Å². The van der Waals surface area contributed by atoms with Crippen molar-refractivity contribution in [2.24, 2.45) is 12.8 Å². The molecule has 0 aliphatic rings. The third kappa shape index (κ3) is 2.23. The van der Waals surface area contributed by atoms with Crippen LogP contribution in [0.1, 0.15) is 17.3 Å². The Hall–Kier alpha value is -2.16. The second-order valence-electron chi connectivity index (χ2n) is 4.18. The number of aromatic nitrogens is 2. The predicted octanol–water partition coefficient (Wildman–Crippen LogP) is 2.17.